The maximum absolute atomic E-state index is 11.8. The van der Waals surface area contributed by atoms with Gasteiger partial charge in [-0.25, -0.2) is 13.4 Å². The van der Waals surface area contributed by atoms with Crippen molar-refractivity contribution in [3.8, 4) is 0 Å². The second kappa shape index (κ2) is 3.93. The van der Waals surface area contributed by atoms with Crippen LogP contribution in [0.3, 0.4) is 0 Å². The van der Waals surface area contributed by atoms with Gasteiger partial charge in [-0.2, -0.15) is 0 Å². The van der Waals surface area contributed by atoms with Crippen LogP contribution in [0.25, 0.3) is 0 Å². The Morgan fingerprint density at radius 1 is 1.47 bits per heavy atom. The summed E-state index contributed by atoms with van der Waals surface area (Å²) in [7, 11) is -3.23. The summed E-state index contributed by atoms with van der Waals surface area (Å²) in [5.41, 5.74) is 6.17. The molecule has 96 valence electrons. The molecule has 0 bridgehead atoms. The van der Waals surface area contributed by atoms with Gasteiger partial charge in [0.2, 0.25) is 10.0 Å². The van der Waals surface area contributed by atoms with Gasteiger partial charge in [-0.3, -0.25) is 4.72 Å². The summed E-state index contributed by atoms with van der Waals surface area (Å²) in [6.45, 7) is 5.61. The second-order valence-corrected chi connectivity index (χ2v) is 8.16. The highest BCUT2D eigenvalue weighted by atomic mass is 32.2. The van der Waals surface area contributed by atoms with Gasteiger partial charge in [0.05, 0.1) is 16.5 Å². The van der Waals surface area contributed by atoms with Crippen molar-refractivity contribution in [3.63, 3.8) is 0 Å². The third-order valence-corrected chi connectivity index (χ3v) is 5.44. The Balaban J connectivity index is 2.24. The molecule has 7 heteroatoms. The predicted octanol–water partition coefficient (Wildman–Crippen LogP) is 1.55. The van der Waals surface area contributed by atoms with E-state index in [1.807, 2.05) is 20.8 Å². The number of nitrogens with one attached hydrogen (secondary N) is 1. The Kier molecular flexibility index (Phi) is 2.95. The number of hydrogen-bond acceptors (Lipinski definition) is 5. The van der Waals surface area contributed by atoms with Gasteiger partial charge in [-0.1, -0.05) is 0 Å². The molecule has 1 saturated carbocycles. The van der Waals surface area contributed by atoms with Gasteiger partial charge >= 0.3 is 0 Å². The quantitative estimate of drug-likeness (QED) is 0.873. The predicted molar refractivity (Wildman–Crippen MR) is 69.6 cm³/mol. The van der Waals surface area contributed by atoms with Crippen LogP contribution in [0.4, 0.5) is 5.13 Å². The van der Waals surface area contributed by atoms with Crippen molar-refractivity contribution >= 4 is 26.5 Å². The molecule has 3 N–H and O–H groups in total. The van der Waals surface area contributed by atoms with Gasteiger partial charge in [0.25, 0.3) is 0 Å². The molecule has 0 aliphatic heterocycles. The van der Waals surface area contributed by atoms with Crippen LogP contribution in [-0.4, -0.2) is 18.7 Å². The van der Waals surface area contributed by atoms with Crippen molar-refractivity contribution in [3.05, 3.63) is 10.6 Å². The Labute approximate surface area is 105 Å². The summed E-state index contributed by atoms with van der Waals surface area (Å²) in [6.07, 6.45) is 1.49. The van der Waals surface area contributed by atoms with Crippen LogP contribution in [0.2, 0.25) is 0 Å². The first-order valence-corrected chi connectivity index (χ1v) is 7.85. The minimum absolute atomic E-state index is 0.235. The van der Waals surface area contributed by atoms with Gasteiger partial charge in [0.15, 0.2) is 5.13 Å². The number of anilines is 1. The number of nitrogens with two attached hydrogens (primary N) is 1. The average molecular weight is 275 g/mol. The molecule has 0 radical (unpaired) electrons. The van der Waals surface area contributed by atoms with E-state index in [0.717, 1.165) is 23.4 Å². The monoisotopic (exact) mass is 275 g/mol. The van der Waals surface area contributed by atoms with Crippen LogP contribution >= 0.6 is 11.3 Å². The van der Waals surface area contributed by atoms with Crippen LogP contribution in [-0.2, 0) is 15.6 Å². The molecule has 17 heavy (non-hydrogen) atoms. The van der Waals surface area contributed by atoms with E-state index >= 15 is 0 Å². The fourth-order valence-electron chi connectivity index (χ4n) is 1.62. The molecule has 0 spiro atoms. The van der Waals surface area contributed by atoms with E-state index in [9.17, 15) is 8.42 Å². The first kappa shape index (κ1) is 12.8. The number of thiazole rings is 1. The fraction of sp³-hybridized carbons (Fsp3) is 0.700. The Hall–Kier alpha value is -0.660. The highest BCUT2D eigenvalue weighted by molar-refractivity contribution is 7.93. The van der Waals surface area contributed by atoms with Crippen LogP contribution < -0.4 is 10.5 Å². The van der Waals surface area contributed by atoms with E-state index in [0.29, 0.717) is 5.13 Å². The lowest BCUT2D eigenvalue weighted by Gasteiger charge is -2.16. The molecule has 2 rings (SSSR count). The number of nitrogens with zero attached hydrogens (tertiary/aromatic N) is 1. The number of hydrogen-bond donors (Lipinski definition) is 2. The highest BCUT2D eigenvalue weighted by Gasteiger charge is 2.36. The second-order valence-electron chi connectivity index (χ2n) is 4.99. The molecule has 1 aliphatic carbocycles. The topological polar surface area (TPSA) is 85.1 Å². The maximum Gasteiger partial charge on any atom is 0.237 e. The zero-order valence-corrected chi connectivity index (χ0v) is 11.8. The molecule has 1 heterocycles. The normalized spacial score (nSPS) is 17.2. The molecular weight excluding hydrogens is 258 g/mol. The van der Waals surface area contributed by atoms with E-state index in [1.54, 1.807) is 0 Å². The summed E-state index contributed by atoms with van der Waals surface area (Å²) < 4.78 is 26.1. The van der Waals surface area contributed by atoms with Crippen LogP contribution in [0.15, 0.2) is 0 Å². The molecule has 1 fully saturated rings. The SMILES string of the molecule is Cc1sc(NS(=O)(=O)C2CC2)nc1C(C)(C)N. The van der Waals surface area contributed by atoms with Crippen molar-refractivity contribution < 1.29 is 8.42 Å². The Bertz CT molecular complexity index is 524. The van der Waals surface area contributed by atoms with E-state index in [1.165, 1.54) is 11.3 Å². The van der Waals surface area contributed by atoms with E-state index in [4.69, 9.17) is 5.73 Å². The molecule has 0 saturated heterocycles. The van der Waals surface area contributed by atoms with Crippen molar-refractivity contribution in [2.45, 2.75) is 44.4 Å². The lowest BCUT2D eigenvalue weighted by molar-refractivity contribution is 0.536. The number of rotatable bonds is 4. The average Bonchev–Trinajstić information content (AvgIpc) is 2.90. The lowest BCUT2D eigenvalue weighted by Crippen LogP contribution is -2.30. The largest absolute Gasteiger partial charge is 0.321 e. The maximum atomic E-state index is 11.8. The molecular formula is C10H17N3O2S2. The zero-order chi connectivity index (χ0) is 12.8. The number of aryl methyl sites for hydroxylation is 1. The lowest BCUT2D eigenvalue weighted by atomic mass is 10.0. The minimum atomic E-state index is -3.23. The van der Waals surface area contributed by atoms with Crippen LogP contribution in [0.5, 0.6) is 0 Å². The van der Waals surface area contributed by atoms with Crippen molar-refractivity contribution in [2.24, 2.45) is 5.73 Å². The molecule has 1 aromatic rings. The summed E-state index contributed by atoms with van der Waals surface area (Å²) in [4.78, 5) is 5.23. The number of aromatic nitrogens is 1. The van der Waals surface area contributed by atoms with E-state index < -0.39 is 15.6 Å². The van der Waals surface area contributed by atoms with Crippen LogP contribution in [0.1, 0.15) is 37.3 Å². The zero-order valence-electron chi connectivity index (χ0n) is 10.1. The molecule has 1 aliphatic rings. The van der Waals surface area contributed by atoms with Crippen molar-refractivity contribution in [1.82, 2.24) is 4.98 Å². The van der Waals surface area contributed by atoms with Gasteiger partial charge < -0.3 is 5.73 Å². The third kappa shape index (κ3) is 2.78. The molecule has 5 nitrogen and oxygen atoms in total. The van der Waals surface area contributed by atoms with E-state index in [-0.39, 0.29) is 5.25 Å². The molecule has 0 atom stereocenters. The molecule has 0 aromatic carbocycles. The summed E-state index contributed by atoms with van der Waals surface area (Å²) in [5.74, 6) is 0. The number of sulfonamides is 1. The summed E-state index contributed by atoms with van der Waals surface area (Å²) in [5, 5.41) is 0.184. The molecule has 0 amide bonds. The van der Waals surface area contributed by atoms with Gasteiger partial charge in [-0.15, -0.1) is 11.3 Å². The van der Waals surface area contributed by atoms with Gasteiger partial charge in [0.1, 0.15) is 0 Å². The van der Waals surface area contributed by atoms with Gasteiger partial charge in [-0.05, 0) is 33.6 Å². The van der Waals surface area contributed by atoms with Crippen molar-refractivity contribution in [1.29, 1.82) is 0 Å². The van der Waals surface area contributed by atoms with E-state index in [2.05, 4.69) is 9.71 Å². The third-order valence-electron chi connectivity index (χ3n) is 2.60. The standard InChI is InChI=1S/C10H17N3O2S2/c1-6-8(10(2,3)11)12-9(16-6)13-17(14,15)7-4-5-7/h7H,4-5,11H2,1-3H3,(H,12,13). The molecule has 0 unspecified atom stereocenters. The first-order chi connectivity index (χ1) is 7.70. The first-order valence-electron chi connectivity index (χ1n) is 5.48. The Morgan fingerprint density at radius 2 is 2.06 bits per heavy atom. The Morgan fingerprint density at radius 3 is 2.47 bits per heavy atom. The highest BCUT2D eigenvalue weighted by Crippen LogP contribution is 2.33. The van der Waals surface area contributed by atoms with Crippen LogP contribution in [0, 0.1) is 6.92 Å². The summed E-state index contributed by atoms with van der Waals surface area (Å²) in [6, 6.07) is 0. The molecule has 1 aromatic heterocycles. The minimum Gasteiger partial charge on any atom is -0.321 e. The fourth-order valence-corrected chi connectivity index (χ4v) is 4.18. The smallest absolute Gasteiger partial charge is 0.237 e. The summed E-state index contributed by atoms with van der Waals surface area (Å²) >= 11 is 1.33. The van der Waals surface area contributed by atoms with Crippen molar-refractivity contribution in [2.75, 3.05) is 4.72 Å². The van der Waals surface area contributed by atoms with Gasteiger partial charge in [0, 0.05) is 4.88 Å².